The number of hydrogen-bond acceptors (Lipinski definition) is 5. The highest BCUT2D eigenvalue weighted by molar-refractivity contribution is 5.76. The maximum atomic E-state index is 12.5. The average molecular weight is 1140 g/mol. The van der Waals surface area contributed by atoms with E-state index in [1.807, 2.05) is 6.08 Å². The number of esters is 1. The zero-order valence-corrected chi connectivity index (χ0v) is 55.0. The van der Waals surface area contributed by atoms with Gasteiger partial charge in [-0.15, -0.1) is 0 Å². The number of carbonyl (C=O) groups excluding carboxylic acids is 2. The minimum absolute atomic E-state index is 0.0107. The third-order valence-corrected chi connectivity index (χ3v) is 17.5. The zero-order valence-electron chi connectivity index (χ0n) is 55.0. The van der Waals surface area contributed by atoms with Crippen molar-refractivity contribution in [1.29, 1.82) is 0 Å². The summed E-state index contributed by atoms with van der Waals surface area (Å²) in [6.45, 7) is 4.94. The molecule has 0 saturated heterocycles. The molecule has 0 aliphatic carbocycles. The van der Waals surface area contributed by atoms with Gasteiger partial charge >= 0.3 is 5.97 Å². The Morgan fingerprint density at radius 1 is 0.333 bits per heavy atom. The Hall–Kier alpha value is -1.66. The van der Waals surface area contributed by atoms with Crippen molar-refractivity contribution in [3.63, 3.8) is 0 Å². The summed E-state index contributed by atoms with van der Waals surface area (Å²) in [4.78, 5) is 24.6. The van der Waals surface area contributed by atoms with E-state index < -0.39 is 12.1 Å². The van der Waals surface area contributed by atoms with Crippen molar-refractivity contribution < 1.29 is 24.5 Å². The predicted molar refractivity (Wildman–Crippen MR) is 356 cm³/mol. The molecule has 0 saturated carbocycles. The Morgan fingerprint density at radius 3 is 0.877 bits per heavy atom. The molecule has 6 heteroatoms. The summed E-state index contributed by atoms with van der Waals surface area (Å²) in [5.41, 5.74) is 0. The van der Waals surface area contributed by atoms with Gasteiger partial charge in [-0.2, -0.15) is 0 Å². The van der Waals surface area contributed by atoms with Gasteiger partial charge in [-0.1, -0.05) is 372 Å². The summed E-state index contributed by atoms with van der Waals surface area (Å²) in [6, 6.07) is -0.626. The number of aliphatic hydroxyl groups is 2. The highest BCUT2D eigenvalue weighted by Gasteiger charge is 2.18. The molecule has 0 heterocycles. The Balaban J connectivity index is 3.37. The number of amides is 1. The van der Waals surface area contributed by atoms with Crippen LogP contribution in [0.3, 0.4) is 0 Å². The van der Waals surface area contributed by atoms with Gasteiger partial charge in [-0.25, -0.2) is 0 Å². The summed E-state index contributed by atoms with van der Waals surface area (Å²) in [7, 11) is 0. The quantitative estimate of drug-likeness (QED) is 0.0320. The van der Waals surface area contributed by atoms with Crippen LogP contribution in [-0.4, -0.2) is 47.4 Å². The fraction of sp³-hybridized carbons (Fsp3) is 0.920. The van der Waals surface area contributed by atoms with E-state index in [1.54, 1.807) is 6.08 Å². The van der Waals surface area contributed by atoms with E-state index >= 15 is 0 Å². The van der Waals surface area contributed by atoms with Crippen molar-refractivity contribution in [3.8, 4) is 0 Å². The molecule has 81 heavy (non-hydrogen) atoms. The summed E-state index contributed by atoms with van der Waals surface area (Å²) in [5, 5.41) is 23.3. The van der Waals surface area contributed by atoms with E-state index in [-0.39, 0.29) is 18.5 Å². The standard InChI is InChI=1S/C75H145NO5/c1-3-5-7-9-11-13-15-17-19-20-21-22-31-34-37-40-43-47-51-55-59-63-67-73(78)72(71-77)76-74(79)68-64-60-56-52-48-44-41-38-35-32-29-27-25-23-24-26-28-30-33-36-39-42-46-50-54-58-62-66-70-81-75(80)69-65-61-57-53-49-45-18-16-14-12-10-8-6-4-2/h16,18,63,67,72-73,77-78H,3-15,17,19-62,64-66,68-71H2,1-2H3,(H,76,79)/b18-16-,67-63+. The number of carbonyl (C=O) groups is 2. The van der Waals surface area contributed by atoms with Gasteiger partial charge in [-0.3, -0.25) is 9.59 Å². The van der Waals surface area contributed by atoms with Crippen molar-refractivity contribution in [2.45, 2.75) is 431 Å². The predicted octanol–water partition coefficient (Wildman–Crippen LogP) is 24.1. The van der Waals surface area contributed by atoms with Gasteiger partial charge in [0.25, 0.3) is 0 Å². The van der Waals surface area contributed by atoms with Gasteiger partial charge in [0.15, 0.2) is 0 Å². The largest absolute Gasteiger partial charge is 0.466 e. The molecule has 0 radical (unpaired) electrons. The van der Waals surface area contributed by atoms with E-state index in [9.17, 15) is 19.8 Å². The lowest BCUT2D eigenvalue weighted by atomic mass is 10.0. The first-order valence-corrected chi connectivity index (χ1v) is 37.1. The minimum Gasteiger partial charge on any atom is -0.466 e. The average Bonchev–Trinajstić information content (AvgIpc) is 3.47. The third kappa shape index (κ3) is 67.3. The summed E-state index contributed by atoms with van der Waals surface area (Å²) in [5.74, 6) is -0.0495. The van der Waals surface area contributed by atoms with Gasteiger partial charge in [0.05, 0.1) is 25.4 Å². The van der Waals surface area contributed by atoms with Gasteiger partial charge < -0.3 is 20.3 Å². The van der Waals surface area contributed by atoms with Crippen LogP contribution >= 0.6 is 0 Å². The lowest BCUT2D eigenvalue weighted by Gasteiger charge is -2.20. The molecule has 6 nitrogen and oxygen atoms in total. The molecule has 0 aliphatic rings. The maximum Gasteiger partial charge on any atom is 0.305 e. The van der Waals surface area contributed by atoms with E-state index in [0.717, 1.165) is 44.9 Å². The molecule has 1 amide bonds. The van der Waals surface area contributed by atoms with Crippen LogP contribution < -0.4 is 5.32 Å². The van der Waals surface area contributed by atoms with Gasteiger partial charge in [0.2, 0.25) is 5.91 Å². The molecule has 0 aromatic rings. The van der Waals surface area contributed by atoms with Crippen LogP contribution in [-0.2, 0) is 14.3 Å². The number of nitrogens with one attached hydrogen (secondary N) is 1. The van der Waals surface area contributed by atoms with Crippen LogP contribution in [0, 0.1) is 0 Å². The molecular weight excluding hydrogens is 995 g/mol. The second-order valence-corrected chi connectivity index (χ2v) is 25.6. The lowest BCUT2D eigenvalue weighted by Crippen LogP contribution is -2.45. The van der Waals surface area contributed by atoms with Crippen LogP contribution in [0.2, 0.25) is 0 Å². The van der Waals surface area contributed by atoms with Crippen molar-refractivity contribution in [3.05, 3.63) is 24.3 Å². The molecule has 0 rings (SSSR count). The Bertz CT molecular complexity index is 1270. The number of unbranched alkanes of at least 4 members (excludes halogenated alkanes) is 57. The van der Waals surface area contributed by atoms with Crippen molar-refractivity contribution >= 4 is 11.9 Å². The van der Waals surface area contributed by atoms with E-state index in [0.29, 0.717) is 19.4 Å². The molecule has 0 fully saturated rings. The number of rotatable bonds is 70. The van der Waals surface area contributed by atoms with Gasteiger partial charge in [0.1, 0.15) is 0 Å². The minimum atomic E-state index is -0.843. The van der Waals surface area contributed by atoms with Crippen molar-refractivity contribution in [2.24, 2.45) is 0 Å². The normalized spacial score (nSPS) is 12.6. The Morgan fingerprint density at radius 2 is 0.580 bits per heavy atom. The molecule has 0 aromatic heterocycles. The molecular formula is C75H145NO5. The van der Waals surface area contributed by atoms with Crippen LogP contribution in [0.15, 0.2) is 24.3 Å². The van der Waals surface area contributed by atoms with Crippen LogP contribution in [0.4, 0.5) is 0 Å². The van der Waals surface area contributed by atoms with Gasteiger partial charge in [-0.05, 0) is 57.8 Å². The molecule has 0 aliphatic heterocycles. The van der Waals surface area contributed by atoms with Crippen molar-refractivity contribution in [2.75, 3.05) is 13.2 Å². The molecule has 0 bridgehead atoms. The fourth-order valence-electron chi connectivity index (χ4n) is 11.8. The fourth-order valence-corrected chi connectivity index (χ4v) is 11.8. The van der Waals surface area contributed by atoms with E-state index in [4.69, 9.17) is 4.74 Å². The van der Waals surface area contributed by atoms with E-state index in [2.05, 4.69) is 31.3 Å². The van der Waals surface area contributed by atoms with Gasteiger partial charge in [0, 0.05) is 12.8 Å². The van der Waals surface area contributed by atoms with Crippen LogP contribution in [0.5, 0.6) is 0 Å². The second-order valence-electron chi connectivity index (χ2n) is 25.6. The van der Waals surface area contributed by atoms with Crippen LogP contribution in [0.25, 0.3) is 0 Å². The molecule has 2 atom stereocenters. The third-order valence-electron chi connectivity index (χ3n) is 17.5. The summed E-state index contributed by atoms with van der Waals surface area (Å²) >= 11 is 0. The summed E-state index contributed by atoms with van der Waals surface area (Å²) in [6.07, 6.45) is 89.9. The van der Waals surface area contributed by atoms with Crippen molar-refractivity contribution in [1.82, 2.24) is 5.32 Å². The highest BCUT2D eigenvalue weighted by atomic mass is 16.5. The molecule has 2 unspecified atom stereocenters. The molecule has 3 N–H and O–H groups in total. The number of aliphatic hydroxyl groups excluding tert-OH is 2. The first-order valence-electron chi connectivity index (χ1n) is 37.1. The monoisotopic (exact) mass is 1140 g/mol. The lowest BCUT2D eigenvalue weighted by molar-refractivity contribution is -0.143. The first kappa shape index (κ1) is 79.3. The molecule has 0 spiro atoms. The Kier molecular flexibility index (Phi) is 69.4. The first-order chi connectivity index (χ1) is 40.0. The van der Waals surface area contributed by atoms with E-state index in [1.165, 1.54) is 347 Å². The molecule has 0 aromatic carbocycles. The van der Waals surface area contributed by atoms with Crippen LogP contribution in [0.1, 0.15) is 418 Å². The highest BCUT2D eigenvalue weighted by Crippen LogP contribution is 2.19. The Labute approximate surface area is 507 Å². The number of allylic oxidation sites excluding steroid dienone is 3. The second kappa shape index (κ2) is 70.8. The summed E-state index contributed by atoms with van der Waals surface area (Å²) < 4.78 is 5.49. The SMILES string of the molecule is CCCCCCC/C=C\CCCCCCCC(=O)OCCCCCCCCCCCCCCCCCCCCCCCCCCCCCCC(=O)NC(CO)C(O)/C=C/CCCCCCCCCCCCCCCCCCCCCC. The smallest absolute Gasteiger partial charge is 0.305 e. The number of hydrogen-bond donors (Lipinski definition) is 3. The maximum absolute atomic E-state index is 12.5. The zero-order chi connectivity index (χ0) is 58.5. The topological polar surface area (TPSA) is 95.9 Å². The molecule has 480 valence electrons. The number of ether oxygens (including phenoxy) is 1.